The molecule has 0 radical (unpaired) electrons. The van der Waals surface area contributed by atoms with Crippen molar-refractivity contribution in [1.29, 1.82) is 0 Å². The number of nitrogens with zero attached hydrogens (tertiary/aromatic N) is 1. The number of carboxylic acid groups (broad SMARTS) is 1. The minimum atomic E-state index is -0.956. The third-order valence-electron chi connectivity index (χ3n) is 9.55. The minimum absolute atomic E-state index is 0.0852. The van der Waals surface area contributed by atoms with Crippen molar-refractivity contribution < 1.29 is 19.8 Å². The molecule has 2 aromatic rings. The van der Waals surface area contributed by atoms with E-state index in [9.17, 15) is 14.7 Å². The summed E-state index contributed by atoms with van der Waals surface area (Å²) >= 11 is 0. The first kappa shape index (κ1) is 27.0. The Morgan fingerprint density at radius 2 is 1.74 bits per heavy atom. The van der Waals surface area contributed by atoms with Crippen molar-refractivity contribution in [2.24, 2.45) is 17.8 Å². The largest absolute Gasteiger partial charge is 0.481 e. The number of hydrogen-bond donors (Lipinski definition) is 3. The maximum atomic E-state index is 13.4. The molecule has 3 aliphatic rings. The molecule has 0 unspecified atom stereocenters. The van der Waals surface area contributed by atoms with Gasteiger partial charge in [0.1, 0.15) is 0 Å². The van der Waals surface area contributed by atoms with Crippen LogP contribution < -0.4 is 5.32 Å². The Labute approximate surface area is 226 Å². The fourth-order valence-corrected chi connectivity index (χ4v) is 6.37. The molecule has 1 aromatic carbocycles. The van der Waals surface area contributed by atoms with E-state index in [0.717, 1.165) is 41.9 Å². The number of aliphatic carboxylic acids is 1. The highest BCUT2D eigenvalue weighted by atomic mass is 16.4. The van der Waals surface area contributed by atoms with Crippen LogP contribution >= 0.6 is 0 Å². The van der Waals surface area contributed by atoms with Gasteiger partial charge in [-0.15, -0.1) is 0 Å². The van der Waals surface area contributed by atoms with Crippen molar-refractivity contribution in [2.45, 2.75) is 103 Å². The highest BCUT2D eigenvalue weighted by Gasteiger charge is 2.40. The number of aliphatic hydroxyl groups is 1. The van der Waals surface area contributed by atoms with Gasteiger partial charge in [-0.2, -0.15) is 0 Å². The normalized spacial score (nSPS) is 23.1. The average Bonchev–Trinajstić information content (AvgIpc) is 3.52. The number of carbonyl (C=O) groups is 2. The van der Waals surface area contributed by atoms with E-state index < -0.39 is 11.6 Å². The summed E-state index contributed by atoms with van der Waals surface area (Å²) in [6.45, 7) is 9.44. The molecule has 6 nitrogen and oxygen atoms in total. The molecule has 38 heavy (non-hydrogen) atoms. The number of carboxylic acids is 1. The summed E-state index contributed by atoms with van der Waals surface area (Å²) in [5, 5.41) is 23.2. The number of hydrogen-bond acceptors (Lipinski definition) is 3. The number of rotatable bonds is 9. The third-order valence-corrected chi connectivity index (χ3v) is 9.55. The van der Waals surface area contributed by atoms with E-state index in [4.69, 9.17) is 5.11 Å². The predicted octanol–water partition coefficient (Wildman–Crippen LogP) is 6.16. The van der Waals surface area contributed by atoms with Crippen molar-refractivity contribution in [1.82, 2.24) is 9.88 Å². The zero-order valence-corrected chi connectivity index (χ0v) is 23.5. The summed E-state index contributed by atoms with van der Waals surface area (Å²) in [6, 6.07) is 8.57. The van der Waals surface area contributed by atoms with Gasteiger partial charge in [0.05, 0.1) is 17.1 Å². The Hall–Kier alpha value is -2.60. The predicted molar refractivity (Wildman–Crippen MR) is 149 cm³/mol. The molecule has 3 fully saturated rings. The Morgan fingerprint density at radius 1 is 1.05 bits per heavy atom. The van der Waals surface area contributed by atoms with Gasteiger partial charge in [0, 0.05) is 24.5 Å². The van der Waals surface area contributed by atoms with E-state index in [1.165, 1.54) is 37.7 Å². The van der Waals surface area contributed by atoms with E-state index in [1.807, 2.05) is 26.8 Å². The van der Waals surface area contributed by atoms with Gasteiger partial charge in [-0.3, -0.25) is 9.59 Å². The summed E-state index contributed by atoms with van der Waals surface area (Å²) in [5.74, 6) is -0.259. The Bertz CT molecular complexity index is 1180. The van der Waals surface area contributed by atoms with Crippen LogP contribution in [0.3, 0.4) is 0 Å². The molecule has 206 valence electrons. The molecule has 0 aliphatic heterocycles. The Morgan fingerprint density at radius 3 is 2.34 bits per heavy atom. The van der Waals surface area contributed by atoms with E-state index in [2.05, 4.69) is 35.0 Å². The van der Waals surface area contributed by atoms with Crippen molar-refractivity contribution in [3.63, 3.8) is 0 Å². The van der Waals surface area contributed by atoms with E-state index in [1.54, 1.807) is 0 Å². The van der Waals surface area contributed by atoms with E-state index in [-0.39, 0.29) is 23.2 Å². The van der Waals surface area contributed by atoms with Crippen molar-refractivity contribution in [3.8, 4) is 11.3 Å². The second kappa shape index (κ2) is 10.2. The van der Waals surface area contributed by atoms with E-state index in [0.29, 0.717) is 30.9 Å². The monoisotopic (exact) mass is 520 g/mol. The number of amides is 1. The second-order valence-electron chi connectivity index (χ2n) is 13.1. The van der Waals surface area contributed by atoms with Gasteiger partial charge >= 0.3 is 5.97 Å². The van der Waals surface area contributed by atoms with Crippen LogP contribution in [-0.4, -0.2) is 33.2 Å². The molecule has 6 heteroatoms. The third kappa shape index (κ3) is 5.56. The summed E-state index contributed by atoms with van der Waals surface area (Å²) in [4.78, 5) is 24.5. The van der Waals surface area contributed by atoms with Gasteiger partial charge in [0.15, 0.2) is 0 Å². The SMILES string of the molecule is Cc1c(C(=O)NCC2CC(C(=O)O)C2)cc(-c2cc(C(C)(C)O)cc(C3(C)CC3)c2)n1CC1CCCCC1. The van der Waals surface area contributed by atoms with Gasteiger partial charge in [-0.25, -0.2) is 0 Å². The highest BCUT2D eigenvalue weighted by Crippen LogP contribution is 2.49. The molecule has 0 atom stereocenters. The molecule has 3 saturated carbocycles. The van der Waals surface area contributed by atoms with Crippen molar-refractivity contribution in [2.75, 3.05) is 6.54 Å². The Kier molecular flexibility index (Phi) is 7.23. The van der Waals surface area contributed by atoms with Crippen LogP contribution in [-0.2, 0) is 22.4 Å². The van der Waals surface area contributed by atoms with Crippen molar-refractivity contribution >= 4 is 11.9 Å². The first-order chi connectivity index (χ1) is 17.9. The number of carbonyl (C=O) groups excluding carboxylic acids is 1. The maximum absolute atomic E-state index is 13.4. The van der Waals surface area contributed by atoms with Crippen LogP contribution in [0.1, 0.15) is 106 Å². The lowest BCUT2D eigenvalue weighted by atomic mass is 9.75. The maximum Gasteiger partial charge on any atom is 0.306 e. The van der Waals surface area contributed by atoms with Crippen LogP contribution in [0.15, 0.2) is 24.3 Å². The van der Waals surface area contributed by atoms with Crippen LogP contribution in [0.25, 0.3) is 11.3 Å². The summed E-state index contributed by atoms with van der Waals surface area (Å²) in [5.41, 5.74) is 5.15. The first-order valence-corrected chi connectivity index (χ1v) is 14.5. The molecule has 0 saturated heterocycles. The zero-order chi connectivity index (χ0) is 27.2. The summed E-state index contributed by atoms with van der Waals surface area (Å²) < 4.78 is 2.34. The molecule has 0 spiro atoms. The zero-order valence-electron chi connectivity index (χ0n) is 23.5. The first-order valence-electron chi connectivity index (χ1n) is 14.5. The molecule has 1 aromatic heterocycles. The van der Waals surface area contributed by atoms with Gasteiger partial charge < -0.3 is 20.1 Å². The van der Waals surface area contributed by atoms with Crippen LogP contribution in [0, 0.1) is 24.7 Å². The number of nitrogens with one attached hydrogen (secondary N) is 1. The lowest BCUT2D eigenvalue weighted by molar-refractivity contribution is -0.146. The second-order valence-corrected chi connectivity index (χ2v) is 13.1. The van der Waals surface area contributed by atoms with Gasteiger partial charge in [0.2, 0.25) is 0 Å². The molecule has 5 rings (SSSR count). The smallest absolute Gasteiger partial charge is 0.306 e. The van der Waals surface area contributed by atoms with Crippen LogP contribution in [0.2, 0.25) is 0 Å². The summed E-state index contributed by atoms with van der Waals surface area (Å²) in [7, 11) is 0. The average molecular weight is 521 g/mol. The number of benzene rings is 1. The quantitative estimate of drug-likeness (QED) is 0.369. The van der Waals surface area contributed by atoms with Gasteiger partial charge in [-0.1, -0.05) is 32.3 Å². The molecule has 1 amide bonds. The number of aromatic nitrogens is 1. The standard InChI is InChI=1S/C32H44N2O4/c1-20-27(29(35)33-18-22-12-24(13-22)30(36)37)17-28(34(20)19-21-8-6-5-7-9-21)23-14-25(31(2,3)38)16-26(15-23)32(4)10-11-32/h14-17,21-22,24,38H,5-13,18-19H2,1-4H3,(H,33,35)(H,36,37). The topological polar surface area (TPSA) is 91.6 Å². The highest BCUT2D eigenvalue weighted by molar-refractivity contribution is 5.97. The lowest BCUT2D eigenvalue weighted by Crippen LogP contribution is -2.38. The molecule has 1 heterocycles. The fraction of sp³-hybridized carbons (Fsp3) is 0.625. The molecule has 3 N–H and O–H groups in total. The molecular formula is C32H44N2O4. The molecular weight excluding hydrogens is 476 g/mol. The molecule has 0 bridgehead atoms. The lowest BCUT2D eigenvalue weighted by Gasteiger charge is -2.32. The summed E-state index contributed by atoms with van der Waals surface area (Å²) in [6.07, 6.45) is 9.86. The Balaban J connectivity index is 1.48. The van der Waals surface area contributed by atoms with Crippen LogP contribution in [0.4, 0.5) is 0 Å². The van der Waals surface area contributed by atoms with Gasteiger partial charge in [-0.05, 0) is 111 Å². The van der Waals surface area contributed by atoms with E-state index >= 15 is 0 Å². The van der Waals surface area contributed by atoms with Gasteiger partial charge in [0.25, 0.3) is 5.91 Å². The molecule has 3 aliphatic carbocycles. The fourth-order valence-electron chi connectivity index (χ4n) is 6.37. The minimum Gasteiger partial charge on any atom is -0.481 e. The van der Waals surface area contributed by atoms with Crippen LogP contribution in [0.5, 0.6) is 0 Å². The van der Waals surface area contributed by atoms with Crippen molar-refractivity contribution in [3.05, 3.63) is 46.6 Å².